The highest BCUT2D eigenvalue weighted by atomic mass is 35.5. The molecule has 0 fully saturated rings. The van der Waals surface area contributed by atoms with Crippen molar-refractivity contribution in [3.05, 3.63) is 88.6 Å². The quantitative estimate of drug-likeness (QED) is 0.357. The summed E-state index contributed by atoms with van der Waals surface area (Å²) in [6.45, 7) is 0. The molecule has 3 rings (SSSR count). The molecule has 0 atom stereocenters. The van der Waals surface area contributed by atoms with Crippen LogP contribution in [0.3, 0.4) is 0 Å². The van der Waals surface area contributed by atoms with Crippen molar-refractivity contribution >= 4 is 35.3 Å². The number of thioether (sulfide) groups is 1. The first-order chi connectivity index (χ1) is 12.7. The van der Waals surface area contributed by atoms with Crippen LogP contribution in [-0.2, 0) is 5.75 Å². The fraction of sp³-hybridized carbons (Fsp3) is 0.0500. The monoisotopic (exact) mass is 378 g/mol. The smallest absolute Gasteiger partial charge is 0.115 e. The van der Waals surface area contributed by atoms with Crippen LogP contribution in [0.25, 0.3) is 0 Å². The molecule has 6 heteroatoms. The molecule has 0 unspecified atom stereocenters. The number of hydrazone groups is 1. The Hall–Kier alpha value is -2.81. The molecular weight excluding hydrogens is 364 g/mol. The lowest BCUT2D eigenvalue weighted by Gasteiger charge is -2.05. The highest BCUT2D eigenvalue weighted by Gasteiger charge is 2.06. The van der Waals surface area contributed by atoms with Crippen molar-refractivity contribution in [3.8, 4) is 6.07 Å². The van der Waals surface area contributed by atoms with Gasteiger partial charge in [-0.2, -0.15) is 10.4 Å². The van der Waals surface area contributed by atoms with Gasteiger partial charge in [-0.25, -0.2) is 4.98 Å². The second kappa shape index (κ2) is 9.04. The van der Waals surface area contributed by atoms with Gasteiger partial charge in [-0.3, -0.25) is 5.43 Å². The van der Waals surface area contributed by atoms with Gasteiger partial charge < -0.3 is 0 Å². The molecule has 128 valence electrons. The minimum Gasteiger partial charge on any atom is -0.278 e. The number of aromatic nitrogens is 1. The van der Waals surface area contributed by atoms with Crippen molar-refractivity contribution in [2.45, 2.75) is 10.8 Å². The Bertz CT molecular complexity index is 934. The summed E-state index contributed by atoms with van der Waals surface area (Å²) in [5.41, 5.74) is 6.21. The van der Waals surface area contributed by atoms with Crippen LogP contribution in [0, 0.1) is 11.3 Å². The third kappa shape index (κ3) is 5.09. The zero-order valence-corrected chi connectivity index (χ0v) is 15.3. The number of anilines is 1. The maximum absolute atomic E-state index is 9.30. The van der Waals surface area contributed by atoms with Gasteiger partial charge >= 0.3 is 0 Å². The molecule has 1 heterocycles. The van der Waals surface area contributed by atoms with E-state index in [2.05, 4.69) is 21.6 Å². The van der Waals surface area contributed by atoms with Crippen LogP contribution >= 0.6 is 23.4 Å². The molecule has 0 spiro atoms. The maximum Gasteiger partial charge on any atom is 0.115 e. The fourth-order valence-corrected chi connectivity index (χ4v) is 3.20. The maximum atomic E-state index is 9.30. The molecule has 26 heavy (non-hydrogen) atoms. The van der Waals surface area contributed by atoms with Crippen LogP contribution < -0.4 is 5.43 Å². The van der Waals surface area contributed by atoms with E-state index in [4.69, 9.17) is 11.6 Å². The number of nitrogens with zero attached hydrogens (tertiary/aromatic N) is 3. The first-order valence-corrected chi connectivity index (χ1v) is 9.23. The van der Waals surface area contributed by atoms with E-state index in [0.717, 1.165) is 11.3 Å². The van der Waals surface area contributed by atoms with Gasteiger partial charge in [0.05, 0.1) is 23.2 Å². The lowest BCUT2D eigenvalue weighted by Crippen LogP contribution is -1.96. The molecule has 0 saturated carbocycles. The molecule has 0 aliphatic heterocycles. The number of nitriles is 1. The zero-order chi connectivity index (χ0) is 18.2. The third-order valence-electron chi connectivity index (χ3n) is 3.46. The highest BCUT2D eigenvalue weighted by molar-refractivity contribution is 7.98. The Morgan fingerprint density at radius 2 is 1.85 bits per heavy atom. The summed E-state index contributed by atoms with van der Waals surface area (Å²) in [5.74, 6) is 0.710. The number of rotatable bonds is 6. The van der Waals surface area contributed by atoms with Crippen molar-refractivity contribution in [3.63, 3.8) is 0 Å². The molecule has 3 aromatic rings. The summed E-state index contributed by atoms with van der Waals surface area (Å²) in [5, 5.41) is 14.9. The minimum atomic E-state index is 0.553. The number of nitrogens with one attached hydrogen (secondary N) is 1. The molecule has 4 nitrogen and oxygen atoms in total. The Morgan fingerprint density at radius 1 is 1.08 bits per heavy atom. The van der Waals surface area contributed by atoms with Crippen LogP contribution in [0.15, 0.2) is 76.9 Å². The molecule has 0 aliphatic carbocycles. The normalized spacial score (nSPS) is 10.6. The summed E-state index contributed by atoms with van der Waals surface area (Å²) in [6.07, 6.45) is 1.64. The second-order valence-electron chi connectivity index (χ2n) is 5.35. The summed E-state index contributed by atoms with van der Waals surface area (Å²) >= 11 is 7.42. The number of hydrogen-bond acceptors (Lipinski definition) is 5. The zero-order valence-electron chi connectivity index (χ0n) is 13.8. The van der Waals surface area contributed by atoms with Gasteiger partial charge in [0.1, 0.15) is 11.1 Å². The van der Waals surface area contributed by atoms with E-state index < -0.39 is 0 Å². The lowest BCUT2D eigenvalue weighted by atomic mass is 10.2. The minimum absolute atomic E-state index is 0.553. The van der Waals surface area contributed by atoms with E-state index in [9.17, 15) is 5.26 Å². The molecular formula is C20H15ClN4S. The highest BCUT2D eigenvalue weighted by Crippen LogP contribution is 2.25. The number of halogens is 1. The lowest BCUT2D eigenvalue weighted by molar-refractivity contribution is 1.09. The van der Waals surface area contributed by atoms with Gasteiger partial charge in [-0.05, 0) is 42.0 Å². The number of hydrogen-bond donors (Lipinski definition) is 1. The van der Waals surface area contributed by atoms with E-state index in [0.29, 0.717) is 27.1 Å². The van der Waals surface area contributed by atoms with Gasteiger partial charge in [0.15, 0.2) is 0 Å². The first kappa shape index (κ1) is 18.0. The number of para-hydroxylation sites is 1. The van der Waals surface area contributed by atoms with Crippen LogP contribution in [0.1, 0.15) is 16.8 Å². The first-order valence-electron chi connectivity index (χ1n) is 7.87. The topological polar surface area (TPSA) is 61.1 Å². The average Bonchev–Trinajstić information content (AvgIpc) is 2.68. The molecule has 0 radical (unpaired) electrons. The van der Waals surface area contributed by atoms with E-state index in [1.807, 2.05) is 54.6 Å². The van der Waals surface area contributed by atoms with Crippen molar-refractivity contribution in [2.75, 3.05) is 5.43 Å². The Morgan fingerprint density at radius 3 is 2.58 bits per heavy atom. The predicted molar refractivity (Wildman–Crippen MR) is 108 cm³/mol. The van der Waals surface area contributed by atoms with Crippen LogP contribution in [0.5, 0.6) is 0 Å². The summed E-state index contributed by atoms with van der Waals surface area (Å²) in [4.78, 5) is 4.53. The molecule has 0 saturated heterocycles. The van der Waals surface area contributed by atoms with Crippen LogP contribution in [0.2, 0.25) is 5.02 Å². The van der Waals surface area contributed by atoms with Gasteiger partial charge in [0.25, 0.3) is 0 Å². The Kier molecular flexibility index (Phi) is 6.26. The van der Waals surface area contributed by atoms with Gasteiger partial charge in [-0.15, -0.1) is 11.8 Å². The average molecular weight is 379 g/mol. The number of benzene rings is 2. The molecule has 0 amide bonds. The van der Waals surface area contributed by atoms with Gasteiger partial charge in [0.2, 0.25) is 0 Å². The SMILES string of the molecule is N#Cc1ccc(/C=N/Nc2ccccc2)nc1SCc1ccc(Cl)cc1. The van der Waals surface area contributed by atoms with E-state index in [-0.39, 0.29) is 0 Å². The van der Waals surface area contributed by atoms with Gasteiger partial charge in [0, 0.05) is 10.8 Å². The van der Waals surface area contributed by atoms with E-state index in [1.165, 1.54) is 11.8 Å². The van der Waals surface area contributed by atoms with Crippen LogP contribution in [-0.4, -0.2) is 11.2 Å². The van der Waals surface area contributed by atoms with Crippen LogP contribution in [0.4, 0.5) is 5.69 Å². The summed E-state index contributed by atoms with van der Waals surface area (Å²) in [7, 11) is 0. The van der Waals surface area contributed by atoms with E-state index in [1.54, 1.807) is 18.3 Å². The second-order valence-corrected chi connectivity index (χ2v) is 6.75. The summed E-state index contributed by atoms with van der Waals surface area (Å²) in [6, 6.07) is 23.0. The van der Waals surface area contributed by atoms with Gasteiger partial charge in [-0.1, -0.05) is 41.9 Å². The Balaban J connectivity index is 1.69. The fourth-order valence-electron chi connectivity index (χ4n) is 2.14. The molecule has 1 aromatic heterocycles. The van der Waals surface area contributed by atoms with Crippen molar-refractivity contribution < 1.29 is 0 Å². The largest absolute Gasteiger partial charge is 0.278 e. The summed E-state index contributed by atoms with van der Waals surface area (Å²) < 4.78 is 0. The molecule has 0 bridgehead atoms. The Labute approximate surface area is 161 Å². The van der Waals surface area contributed by atoms with E-state index >= 15 is 0 Å². The van der Waals surface area contributed by atoms with Crippen molar-refractivity contribution in [2.24, 2.45) is 5.10 Å². The van der Waals surface area contributed by atoms with Crippen molar-refractivity contribution in [1.82, 2.24) is 4.98 Å². The third-order valence-corrected chi connectivity index (χ3v) is 4.77. The molecule has 0 aliphatic rings. The van der Waals surface area contributed by atoms with Crippen molar-refractivity contribution in [1.29, 1.82) is 5.26 Å². The standard InChI is InChI=1S/C20H15ClN4S/c21-17-9-6-15(7-10-17)14-26-20-16(12-22)8-11-19(24-20)13-23-25-18-4-2-1-3-5-18/h1-11,13,25H,14H2/b23-13+. The number of pyridine rings is 1. The molecule has 1 N–H and O–H groups in total. The molecule has 2 aromatic carbocycles. The predicted octanol–water partition coefficient (Wildman–Crippen LogP) is 5.34.